The Balaban J connectivity index is 1.56. The molecule has 0 aliphatic rings. The van der Waals surface area contributed by atoms with Crippen LogP contribution in [0.1, 0.15) is 35.3 Å². The summed E-state index contributed by atoms with van der Waals surface area (Å²) in [6.07, 6.45) is 0. The van der Waals surface area contributed by atoms with E-state index in [0.717, 1.165) is 10.4 Å². The maximum atomic E-state index is 12.3. The third kappa shape index (κ3) is 4.83. The average molecular weight is 383 g/mol. The van der Waals surface area contributed by atoms with E-state index in [9.17, 15) is 9.59 Å². The lowest BCUT2D eigenvalue weighted by Crippen LogP contribution is -2.39. The number of carbonyl (C=O) groups is 2. The first kappa shape index (κ1) is 18.8. The standard InChI is InChI=1S/C20H21N3O3S/c1-13(2)19(17-9-6-10-27-17)22-18(24)12-21-20(25)15-11-16(26-23-15)14-7-4-3-5-8-14/h3-11,13,19H,12H2,1-2H3,(H,21,25)(H,22,24). The summed E-state index contributed by atoms with van der Waals surface area (Å²) in [5.41, 5.74) is 0.970. The minimum Gasteiger partial charge on any atom is -0.355 e. The van der Waals surface area contributed by atoms with E-state index in [4.69, 9.17) is 4.52 Å². The average Bonchev–Trinajstić information content (AvgIpc) is 3.36. The summed E-state index contributed by atoms with van der Waals surface area (Å²) in [4.78, 5) is 25.6. The summed E-state index contributed by atoms with van der Waals surface area (Å²) in [6, 6.07) is 14.8. The molecule has 0 radical (unpaired) electrons. The van der Waals surface area contributed by atoms with Crippen molar-refractivity contribution in [3.05, 3.63) is 64.5 Å². The van der Waals surface area contributed by atoms with E-state index in [0.29, 0.717) is 5.76 Å². The molecule has 0 aliphatic heterocycles. The van der Waals surface area contributed by atoms with Crippen LogP contribution in [0.4, 0.5) is 0 Å². The van der Waals surface area contributed by atoms with Crippen LogP contribution in [0.2, 0.25) is 0 Å². The second-order valence-electron chi connectivity index (χ2n) is 6.43. The van der Waals surface area contributed by atoms with Crippen LogP contribution in [0.15, 0.2) is 58.4 Å². The number of carbonyl (C=O) groups excluding carboxylic acids is 2. The monoisotopic (exact) mass is 383 g/mol. The van der Waals surface area contributed by atoms with Gasteiger partial charge >= 0.3 is 0 Å². The van der Waals surface area contributed by atoms with Crippen molar-refractivity contribution in [2.24, 2.45) is 5.92 Å². The number of aromatic nitrogens is 1. The Labute approximate surface area is 161 Å². The summed E-state index contributed by atoms with van der Waals surface area (Å²) < 4.78 is 5.21. The fourth-order valence-corrected chi connectivity index (χ4v) is 3.58. The van der Waals surface area contributed by atoms with Crippen molar-refractivity contribution >= 4 is 23.2 Å². The van der Waals surface area contributed by atoms with Crippen molar-refractivity contribution in [1.82, 2.24) is 15.8 Å². The highest BCUT2D eigenvalue weighted by molar-refractivity contribution is 7.10. The summed E-state index contributed by atoms with van der Waals surface area (Å²) in [5.74, 6) is 0.0468. The molecule has 0 spiro atoms. The SMILES string of the molecule is CC(C)C(NC(=O)CNC(=O)c1cc(-c2ccccc2)on1)c1cccs1. The maximum absolute atomic E-state index is 12.3. The molecular weight excluding hydrogens is 362 g/mol. The fraction of sp³-hybridized carbons (Fsp3) is 0.250. The van der Waals surface area contributed by atoms with E-state index in [1.807, 2.05) is 61.7 Å². The van der Waals surface area contributed by atoms with Crippen LogP contribution in [0, 0.1) is 5.92 Å². The second-order valence-corrected chi connectivity index (χ2v) is 7.41. The zero-order chi connectivity index (χ0) is 19.2. The normalized spacial score (nSPS) is 12.0. The molecule has 0 saturated heterocycles. The number of benzene rings is 1. The van der Waals surface area contributed by atoms with Crippen LogP contribution in [0.25, 0.3) is 11.3 Å². The molecule has 1 atom stereocenters. The maximum Gasteiger partial charge on any atom is 0.273 e. The highest BCUT2D eigenvalue weighted by Gasteiger charge is 2.20. The second kappa shape index (κ2) is 8.64. The van der Waals surface area contributed by atoms with Crippen LogP contribution in [-0.4, -0.2) is 23.5 Å². The fourth-order valence-electron chi connectivity index (χ4n) is 2.63. The summed E-state index contributed by atoms with van der Waals surface area (Å²) >= 11 is 1.60. The van der Waals surface area contributed by atoms with Crippen LogP contribution in [-0.2, 0) is 4.79 Å². The molecule has 0 aliphatic carbocycles. The van der Waals surface area contributed by atoms with Crippen molar-refractivity contribution in [2.45, 2.75) is 19.9 Å². The molecule has 2 amide bonds. The first-order valence-electron chi connectivity index (χ1n) is 8.67. The highest BCUT2D eigenvalue weighted by Crippen LogP contribution is 2.25. The van der Waals surface area contributed by atoms with Crippen molar-refractivity contribution in [1.29, 1.82) is 0 Å². The minimum atomic E-state index is -0.451. The number of amides is 2. The Morgan fingerprint density at radius 3 is 2.59 bits per heavy atom. The number of hydrogen-bond acceptors (Lipinski definition) is 5. The van der Waals surface area contributed by atoms with Crippen molar-refractivity contribution in [3.63, 3.8) is 0 Å². The first-order valence-corrected chi connectivity index (χ1v) is 9.55. The quantitative estimate of drug-likeness (QED) is 0.652. The number of hydrogen-bond donors (Lipinski definition) is 2. The lowest BCUT2D eigenvalue weighted by Gasteiger charge is -2.21. The predicted octanol–water partition coefficient (Wildman–Crippen LogP) is 3.65. The molecule has 2 aromatic heterocycles. The van der Waals surface area contributed by atoms with E-state index >= 15 is 0 Å². The van der Waals surface area contributed by atoms with Gasteiger partial charge in [-0.25, -0.2) is 0 Å². The molecule has 2 N–H and O–H groups in total. The van der Waals surface area contributed by atoms with Gasteiger partial charge in [0, 0.05) is 16.5 Å². The third-order valence-electron chi connectivity index (χ3n) is 4.04. The van der Waals surface area contributed by atoms with Crippen LogP contribution < -0.4 is 10.6 Å². The summed E-state index contributed by atoms with van der Waals surface area (Å²) in [5, 5.41) is 11.3. The molecular formula is C20H21N3O3S. The van der Waals surface area contributed by atoms with Gasteiger partial charge in [0.1, 0.15) is 0 Å². The van der Waals surface area contributed by atoms with Gasteiger partial charge in [0.15, 0.2) is 11.5 Å². The zero-order valence-corrected chi connectivity index (χ0v) is 16.0. The Kier molecular flexibility index (Phi) is 6.03. The molecule has 0 saturated carbocycles. The largest absolute Gasteiger partial charge is 0.355 e. The number of nitrogens with one attached hydrogen (secondary N) is 2. The molecule has 140 valence electrons. The molecule has 2 heterocycles. The summed E-state index contributed by atoms with van der Waals surface area (Å²) in [6.45, 7) is 3.97. The van der Waals surface area contributed by atoms with Gasteiger partial charge in [0.25, 0.3) is 5.91 Å². The smallest absolute Gasteiger partial charge is 0.273 e. The predicted molar refractivity (Wildman–Crippen MR) is 104 cm³/mol. The van der Waals surface area contributed by atoms with Gasteiger partial charge in [-0.3, -0.25) is 9.59 Å². The number of rotatable bonds is 7. The van der Waals surface area contributed by atoms with Gasteiger partial charge in [0.2, 0.25) is 5.91 Å². The number of thiophene rings is 1. The van der Waals surface area contributed by atoms with Gasteiger partial charge in [-0.15, -0.1) is 11.3 Å². The zero-order valence-electron chi connectivity index (χ0n) is 15.1. The Bertz CT molecular complexity index is 888. The summed E-state index contributed by atoms with van der Waals surface area (Å²) in [7, 11) is 0. The van der Waals surface area contributed by atoms with E-state index in [2.05, 4.69) is 15.8 Å². The molecule has 1 aromatic carbocycles. The van der Waals surface area contributed by atoms with Crippen LogP contribution >= 0.6 is 11.3 Å². The van der Waals surface area contributed by atoms with E-state index in [1.54, 1.807) is 17.4 Å². The molecule has 6 nitrogen and oxygen atoms in total. The lowest BCUT2D eigenvalue weighted by atomic mass is 10.0. The van der Waals surface area contributed by atoms with E-state index in [-0.39, 0.29) is 30.1 Å². The van der Waals surface area contributed by atoms with Crippen molar-refractivity contribution in [3.8, 4) is 11.3 Å². The van der Waals surface area contributed by atoms with Gasteiger partial charge in [-0.2, -0.15) is 0 Å². The van der Waals surface area contributed by atoms with E-state index in [1.165, 1.54) is 0 Å². The molecule has 3 aromatic rings. The third-order valence-corrected chi connectivity index (χ3v) is 5.00. The number of nitrogens with zero attached hydrogens (tertiary/aromatic N) is 1. The van der Waals surface area contributed by atoms with Gasteiger partial charge in [-0.1, -0.05) is 55.4 Å². The van der Waals surface area contributed by atoms with Crippen LogP contribution in [0.5, 0.6) is 0 Å². The first-order chi connectivity index (χ1) is 13.0. The molecule has 7 heteroatoms. The topological polar surface area (TPSA) is 84.2 Å². The molecule has 3 rings (SSSR count). The molecule has 0 fully saturated rings. The Hall–Kier alpha value is -2.93. The lowest BCUT2D eigenvalue weighted by molar-refractivity contribution is -0.121. The molecule has 27 heavy (non-hydrogen) atoms. The van der Waals surface area contributed by atoms with Crippen LogP contribution in [0.3, 0.4) is 0 Å². The highest BCUT2D eigenvalue weighted by atomic mass is 32.1. The molecule has 0 bridgehead atoms. The van der Waals surface area contributed by atoms with E-state index < -0.39 is 5.91 Å². The van der Waals surface area contributed by atoms with Gasteiger partial charge in [0.05, 0.1) is 12.6 Å². The van der Waals surface area contributed by atoms with Gasteiger partial charge < -0.3 is 15.2 Å². The minimum absolute atomic E-state index is 0.0777. The Morgan fingerprint density at radius 1 is 1.15 bits per heavy atom. The molecule has 1 unspecified atom stereocenters. The van der Waals surface area contributed by atoms with Crippen molar-refractivity contribution < 1.29 is 14.1 Å². The Morgan fingerprint density at radius 2 is 1.93 bits per heavy atom. The van der Waals surface area contributed by atoms with Gasteiger partial charge in [-0.05, 0) is 17.4 Å². The van der Waals surface area contributed by atoms with Crippen molar-refractivity contribution in [2.75, 3.05) is 6.54 Å².